The molecule has 4 rings (SSSR count). The van der Waals surface area contributed by atoms with E-state index in [4.69, 9.17) is 4.99 Å². The lowest BCUT2D eigenvalue weighted by Crippen LogP contribution is -2.32. The van der Waals surface area contributed by atoms with Gasteiger partial charge in [0.15, 0.2) is 0 Å². The molecule has 2 N–H and O–H groups in total. The summed E-state index contributed by atoms with van der Waals surface area (Å²) in [5.41, 5.74) is 6.11. The van der Waals surface area contributed by atoms with Crippen LogP contribution in [0, 0.1) is 20.8 Å². The molecule has 2 unspecified atom stereocenters. The van der Waals surface area contributed by atoms with Gasteiger partial charge >= 0.3 is 0 Å². The van der Waals surface area contributed by atoms with Gasteiger partial charge in [-0.05, 0) is 95.4 Å². The second-order valence-electron chi connectivity index (χ2n) is 11.3. The largest absolute Gasteiger partial charge is 0.371 e. The molecule has 37 heavy (non-hydrogen) atoms. The van der Waals surface area contributed by atoms with Gasteiger partial charge in [0.2, 0.25) is 0 Å². The van der Waals surface area contributed by atoms with E-state index in [0.29, 0.717) is 23.2 Å². The summed E-state index contributed by atoms with van der Waals surface area (Å²) in [5.74, 6) is 0.0570. The number of aliphatic imine (C=N–C) groups is 1. The summed E-state index contributed by atoms with van der Waals surface area (Å²) in [6.45, 7) is 6.99. The van der Waals surface area contributed by atoms with Gasteiger partial charge in [0.1, 0.15) is 0 Å². The van der Waals surface area contributed by atoms with Gasteiger partial charge in [0.05, 0.1) is 6.04 Å². The number of nitrogens with one attached hydrogen (secondary N) is 2. The average Bonchev–Trinajstić information content (AvgIpc) is 3.38. The van der Waals surface area contributed by atoms with Gasteiger partial charge in [-0.15, -0.1) is 0 Å². The maximum atomic E-state index is 13.6. The average molecular weight is 506 g/mol. The minimum atomic E-state index is -0.143. The van der Waals surface area contributed by atoms with Crippen LogP contribution in [-0.4, -0.2) is 61.8 Å². The number of hydrogen-bond acceptors (Lipinski definition) is 5. The molecule has 2 atom stereocenters. The predicted molar refractivity (Wildman–Crippen MR) is 152 cm³/mol. The number of likely N-dealkylation sites (N-methyl/N-ethyl adjacent to an activating group) is 1. The van der Waals surface area contributed by atoms with Gasteiger partial charge in [-0.3, -0.25) is 14.6 Å². The van der Waals surface area contributed by atoms with Crippen molar-refractivity contribution in [3.05, 3.63) is 62.1 Å². The summed E-state index contributed by atoms with van der Waals surface area (Å²) in [4.78, 5) is 38.3. The molecule has 7 nitrogen and oxygen atoms in total. The van der Waals surface area contributed by atoms with Crippen LogP contribution in [0.3, 0.4) is 0 Å². The van der Waals surface area contributed by atoms with E-state index >= 15 is 0 Å². The number of amides is 1. The molecule has 2 aliphatic rings. The monoisotopic (exact) mass is 505 g/mol. The first-order valence-electron chi connectivity index (χ1n) is 13.7. The molecule has 0 saturated heterocycles. The Labute approximate surface area is 221 Å². The number of hydrogen-bond donors (Lipinski definition) is 2. The molecular weight excluding hydrogens is 462 g/mol. The lowest BCUT2D eigenvalue weighted by atomic mass is 9.87. The van der Waals surface area contributed by atoms with E-state index in [1.807, 2.05) is 32.9 Å². The Kier molecular flexibility index (Phi) is 8.53. The highest BCUT2D eigenvalue weighted by Gasteiger charge is 2.26. The number of carbonyl (C=O) groups excluding carboxylic acids is 1. The molecule has 0 spiro atoms. The van der Waals surface area contributed by atoms with E-state index in [1.54, 1.807) is 0 Å². The SMILES string of the molecule is Cc1cc(C)c(CNC(=O)c2cc(C3C=NC(CN(C)C)CC3)cc(N(C)C3CCCC3)c2C)c(=O)[nH]1. The molecular formula is C30H43N5O2. The number of aryl methyl sites for hydroxylation is 2. The molecule has 1 saturated carbocycles. The number of carbonyl (C=O) groups is 1. The van der Waals surface area contributed by atoms with E-state index < -0.39 is 0 Å². The summed E-state index contributed by atoms with van der Waals surface area (Å²) < 4.78 is 0. The van der Waals surface area contributed by atoms with Crippen molar-refractivity contribution in [2.75, 3.05) is 32.6 Å². The topological polar surface area (TPSA) is 80.8 Å². The zero-order valence-corrected chi connectivity index (χ0v) is 23.4. The number of rotatable bonds is 8. The zero-order valence-electron chi connectivity index (χ0n) is 23.4. The highest BCUT2D eigenvalue weighted by Crippen LogP contribution is 2.35. The summed E-state index contributed by atoms with van der Waals surface area (Å²) in [6, 6.07) is 7.10. The third-order valence-electron chi connectivity index (χ3n) is 8.11. The van der Waals surface area contributed by atoms with Crippen LogP contribution in [0.1, 0.15) is 82.7 Å². The Balaban J connectivity index is 1.64. The van der Waals surface area contributed by atoms with Crippen LogP contribution < -0.4 is 15.8 Å². The van der Waals surface area contributed by atoms with Gasteiger partial charge in [-0.2, -0.15) is 0 Å². The summed E-state index contributed by atoms with van der Waals surface area (Å²) in [5, 5.41) is 3.04. The van der Waals surface area contributed by atoms with E-state index in [0.717, 1.165) is 47.5 Å². The van der Waals surface area contributed by atoms with Crippen LogP contribution in [0.25, 0.3) is 0 Å². The Morgan fingerprint density at radius 3 is 2.41 bits per heavy atom. The van der Waals surface area contributed by atoms with E-state index in [2.05, 4.69) is 53.5 Å². The highest BCUT2D eigenvalue weighted by molar-refractivity contribution is 5.97. The smallest absolute Gasteiger partial charge is 0.253 e. The van der Waals surface area contributed by atoms with E-state index in [-0.39, 0.29) is 23.9 Å². The van der Waals surface area contributed by atoms with Crippen LogP contribution in [0.15, 0.2) is 28.0 Å². The Morgan fingerprint density at radius 1 is 1.05 bits per heavy atom. The quantitative estimate of drug-likeness (QED) is 0.554. The van der Waals surface area contributed by atoms with Gasteiger partial charge in [0, 0.05) is 60.8 Å². The molecule has 0 radical (unpaired) electrons. The van der Waals surface area contributed by atoms with Crippen molar-refractivity contribution in [2.24, 2.45) is 4.99 Å². The van der Waals surface area contributed by atoms with Crippen LogP contribution in [0.4, 0.5) is 5.69 Å². The fraction of sp³-hybridized carbons (Fsp3) is 0.567. The number of pyridine rings is 1. The number of anilines is 1. The van der Waals surface area contributed by atoms with Gasteiger partial charge in [0.25, 0.3) is 11.5 Å². The molecule has 2 aromatic rings. The van der Waals surface area contributed by atoms with E-state index in [1.165, 1.54) is 25.7 Å². The Hall–Kier alpha value is -2.93. The zero-order chi connectivity index (χ0) is 26.7. The van der Waals surface area contributed by atoms with Crippen molar-refractivity contribution in [1.82, 2.24) is 15.2 Å². The number of benzene rings is 1. The first kappa shape index (κ1) is 27.1. The van der Waals surface area contributed by atoms with E-state index in [9.17, 15) is 9.59 Å². The molecule has 0 bridgehead atoms. The van der Waals surface area contributed by atoms with Gasteiger partial charge in [-0.1, -0.05) is 12.8 Å². The van der Waals surface area contributed by atoms with Crippen LogP contribution in [0.2, 0.25) is 0 Å². The molecule has 7 heteroatoms. The number of nitrogens with zero attached hydrogens (tertiary/aromatic N) is 3. The van der Waals surface area contributed by atoms with Crippen molar-refractivity contribution >= 4 is 17.8 Å². The summed E-state index contributed by atoms with van der Waals surface area (Å²) in [6.07, 6.45) is 9.05. The molecule has 1 aromatic carbocycles. The molecule has 200 valence electrons. The second-order valence-corrected chi connectivity index (χ2v) is 11.3. The van der Waals surface area contributed by atoms with Crippen molar-refractivity contribution in [3.63, 3.8) is 0 Å². The standard InChI is InChI=1S/C30H43N5O2/c1-19-13-20(2)33-30(37)27(19)17-32-29(36)26-14-23(22-11-12-24(31-16-22)18-34(4)5)15-28(21(26)3)35(6)25-9-7-8-10-25/h13-16,22,24-25H,7-12,17-18H2,1-6H3,(H,32,36)(H,33,37). The van der Waals surface area contributed by atoms with Crippen LogP contribution in [-0.2, 0) is 6.54 Å². The first-order chi connectivity index (χ1) is 17.6. The molecule has 1 aromatic heterocycles. The third kappa shape index (κ3) is 6.32. The predicted octanol–water partition coefficient (Wildman–Crippen LogP) is 4.49. The van der Waals surface area contributed by atoms with Crippen molar-refractivity contribution in [1.29, 1.82) is 0 Å². The maximum Gasteiger partial charge on any atom is 0.253 e. The Morgan fingerprint density at radius 2 is 1.78 bits per heavy atom. The fourth-order valence-electron chi connectivity index (χ4n) is 5.95. The Bertz CT molecular complexity index is 1210. The molecule has 1 fully saturated rings. The summed E-state index contributed by atoms with van der Waals surface area (Å²) >= 11 is 0. The number of aromatic amines is 1. The molecule has 2 heterocycles. The number of H-pyrrole nitrogens is 1. The molecule has 1 aliphatic carbocycles. The van der Waals surface area contributed by atoms with Gasteiger partial charge in [-0.25, -0.2) is 0 Å². The molecule has 1 aliphatic heterocycles. The number of aromatic nitrogens is 1. The van der Waals surface area contributed by atoms with Crippen molar-refractivity contribution in [2.45, 2.75) is 83.8 Å². The second kappa shape index (κ2) is 11.6. The van der Waals surface area contributed by atoms with Crippen LogP contribution >= 0.6 is 0 Å². The fourth-order valence-corrected chi connectivity index (χ4v) is 5.95. The minimum Gasteiger partial charge on any atom is -0.371 e. The lowest BCUT2D eigenvalue weighted by molar-refractivity contribution is 0.0950. The highest BCUT2D eigenvalue weighted by atomic mass is 16.1. The minimum absolute atomic E-state index is 0.141. The lowest BCUT2D eigenvalue weighted by Gasteiger charge is -2.31. The van der Waals surface area contributed by atoms with Crippen LogP contribution in [0.5, 0.6) is 0 Å². The molecule has 1 amide bonds. The third-order valence-corrected chi connectivity index (χ3v) is 8.11. The normalized spacial score (nSPS) is 20.0. The summed E-state index contributed by atoms with van der Waals surface area (Å²) in [7, 11) is 6.34. The van der Waals surface area contributed by atoms with Gasteiger partial charge < -0.3 is 20.1 Å². The first-order valence-corrected chi connectivity index (χ1v) is 13.7. The van der Waals surface area contributed by atoms with Crippen molar-refractivity contribution in [3.8, 4) is 0 Å². The van der Waals surface area contributed by atoms with Crippen molar-refractivity contribution < 1.29 is 4.79 Å². The maximum absolute atomic E-state index is 13.6.